The van der Waals surface area contributed by atoms with Gasteiger partial charge in [0.15, 0.2) is 5.75 Å². The Kier molecular flexibility index (Phi) is 5.56. The zero-order valence-electron chi connectivity index (χ0n) is 14.8. The molecule has 1 heterocycles. The highest BCUT2D eigenvalue weighted by Gasteiger charge is 2.39. The van der Waals surface area contributed by atoms with Crippen molar-refractivity contribution < 1.29 is 34.8 Å². The maximum absolute atomic E-state index is 12.6. The Morgan fingerprint density at radius 1 is 0.897 bits per heavy atom. The molecule has 0 unspecified atom stereocenters. The van der Waals surface area contributed by atoms with Gasteiger partial charge in [-0.15, -0.1) is 0 Å². The van der Waals surface area contributed by atoms with Crippen LogP contribution in [-0.4, -0.2) is 31.2 Å². The molecular formula is C18H16F6N2O2S. The molecule has 11 heteroatoms. The number of fused-ring (bicyclic) bond motifs is 1. The molecule has 158 valence electrons. The summed E-state index contributed by atoms with van der Waals surface area (Å²) in [5.74, 6) is -1.90. The lowest BCUT2D eigenvalue weighted by Crippen LogP contribution is -2.40. The van der Waals surface area contributed by atoms with E-state index in [1.807, 2.05) is 0 Å². The molecule has 0 atom stereocenters. The average molecular weight is 438 g/mol. The summed E-state index contributed by atoms with van der Waals surface area (Å²) in [6.45, 7) is -0.233. The number of nitrogens with zero attached hydrogens (tertiary/aromatic N) is 1. The molecule has 1 aliphatic heterocycles. The first-order valence-electron chi connectivity index (χ1n) is 8.44. The molecule has 4 nitrogen and oxygen atoms in total. The molecule has 0 radical (unpaired) electrons. The van der Waals surface area contributed by atoms with E-state index in [1.54, 1.807) is 18.2 Å². The minimum absolute atomic E-state index is 0.0743. The van der Waals surface area contributed by atoms with Crippen LogP contribution in [-0.2, 0) is 29.2 Å². The summed E-state index contributed by atoms with van der Waals surface area (Å²) in [6.07, 6.45) is -9.01. The first-order chi connectivity index (χ1) is 13.3. The number of hydrogen-bond acceptors (Lipinski definition) is 3. The van der Waals surface area contributed by atoms with Crippen LogP contribution in [0.3, 0.4) is 0 Å². The van der Waals surface area contributed by atoms with E-state index in [0.717, 1.165) is 22.0 Å². The van der Waals surface area contributed by atoms with Crippen molar-refractivity contribution >= 4 is 21.4 Å². The molecule has 29 heavy (non-hydrogen) atoms. The van der Waals surface area contributed by atoms with Gasteiger partial charge in [0.2, 0.25) is 10.0 Å². The predicted molar refractivity (Wildman–Crippen MR) is 95.1 cm³/mol. The maximum Gasteiger partial charge on any atom is 0.416 e. The van der Waals surface area contributed by atoms with Gasteiger partial charge < -0.3 is 5.32 Å². The highest BCUT2D eigenvalue weighted by molar-refractivity contribution is 7.89. The van der Waals surface area contributed by atoms with Gasteiger partial charge in [-0.1, -0.05) is 6.07 Å². The Hall–Kier alpha value is -2.27. The van der Waals surface area contributed by atoms with Crippen LogP contribution in [0.25, 0.3) is 0 Å². The van der Waals surface area contributed by atoms with Crippen LogP contribution in [0.15, 0.2) is 42.5 Å². The molecule has 0 saturated carbocycles. The number of halogens is 6. The maximum atomic E-state index is 12.6. The lowest BCUT2D eigenvalue weighted by Gasteiger charge is -2.28. The minimum Gasteiger partial charge on any atom is -0.356 e. The number of alkyl halides is 6. The smallest absolute Gasteiger partial charge is 0.356 e. The van der Waals surface area contributed by atoms with Crippen LogP contribution in [0.5, 0.6) is 0 Å². The van der Waals surface area contributed by atoms with Crippen LogP contribution in [0.2, 0.25) is 0 Å². The van der Waals surface area contributed by atoms with Crippen LogP contribution < -0.4 is 5.32 Å². The van der Waals surface area contributed by atoms with E-state index in [0.29, 0.717) is 16.9 Å². The first-order valence-corrected chi connectivity index (χ1v) is 10.1. The van der Waals surface area contributed by atoms with Gasteiger partial charge in [0.05, 0.1) is 5.56 Å². The van der Waals surface area contributed by atoms with Crippen LogP contribution >= 0.6 is 0 Å². The van der Waals surface area contributed by atoms with Gasteiger partial charge in [-0.25, -0.2) is 8.42 Å². The Labute approximate surface area is 163 Å². The summed E-state index contributed by atoms with van der Waals surface area (Å²) in [5.41, 5.74) is 1.59. The summed E-state index contributed by atoms with van der Waals surface area (Å²) in [7, 11) is -4.46. The second kappa shape index (κ2) is 7.52. The molecule has 0 saturated heterocycles. The van der Waals surface area contributed by atoms with Crippen molar-refractivity contribution in [3.63, 3.8) is 0 Å². The zero-order chi connectivity index (χ0) is 21.4. The van der Waals surface area contributed by atoms with Gasteiger partial charge in [-0.05, 0) is 53.9 Å². The number of sulfonamides is 1. The van der Waals surface area contributed by atoms with Crippen LogP contribution in [0, 0.1) is 0 Å². The molecule has 0 fully saturated rings. The van der Waals surface area contributed by atoms with Crippen molar-refractivity contribution in [1.29, 1.82) is 0 Å². The first kappa shape index (κ1) is 21.4. The van der Waals surface area contributed by atoms with Crippen molar-refractivity contribution in [2.75, 3.05) is 17.6 Å². The third-order valence-electron chi connectivity index (χ3n) is 4.42. The number of anilines is 2. The van der Waals surface area contributed by atoms with Crippen LogP contribution in [0.1, 0.15) is 16.7 Å². The number of benzene rings is 2. The number of nitrogens with one attached hydrogen (secondary N) is 1. The second-order valence-electron chi connectivity index (χ2n) is 6.64. The third-order valence-corrected chi connectivity index (χ3v) is 6.21. The monoisotopic (exact) mass is 438 g/mol. The lowest BCUT2D eigenvalue weighted by molar-refractivity contribution is -0.137. The molecule has 0 bridgehead atoms. The van der Waals surface area contributed by atoms with Gasteiger partial charge in [-0.2, -0.15) is 30.6 Å². The molecule has 0 aliphatic carbocycles. The van der Waals surface area contributed by atoms with Crippen molar-refractivity contribution in [3.8, 4) is 0 Å². The molecule has 0 aromatic heterocycles. The van der Waals surface area contributed by atoms with Gasteiger partial charge in [0, 0.05) is 24.5 Å². The fourth-order valence-corrected chi connectivity index (χ4v) is 4.35. The fourth-order valence-electron chi connectivity index (χ4n) is 3.05. The van der Waals surface area contributed by atoms with Crippen LogP contribution in [0.4, 0.5) is 37.7 Å². The topological polar surface area (TPSA) is 49.4 Å². The lowest BCUT2D eigenvalue weighted by atomic mass is 10.0. The predicted octanol–water partition coefficient (Wildman–Crippen LogP) is 4.70. The van der Waals surface area contributed by atoms with E-state index in [1.165, 1.54) is 12.1 Å². The number of rotatable bonds is 4. The summed E-state index contributed by atoms with van der Waals surface area (Å²) >= 11 is 0. The summed E-state index contributed by atoms with van der Waals surface area (Å²) in [4.78, 5) is 0. The minimum atomic E-state index is -4.81. The van der Waals surface area contributed by atoms with E-state index in [9.17, 15) is 34.8 Å². The third kappa shape index (κ3) is 5.41. The Balaban J connectivity index is 1.72. The van der Waals surface area contributed by atoms with E-state index < -0.39 is 33.7 Å². The summed E-state index contributed by atoms with van der Waals surface area (Å²) in [5, 5.41) is 2.96. The van der Waals surface area contributed by atoms with Crippen molar-refractivity contribution in [1.82, 2.24) is 4.31 Å². The highest BCUT2D eigenvalue weighted by Crippen LogP contribution is 2.31. The Morgan fingerprint density at radius 2 is 1.52 bits per heavy atom. The van der Waals surface area contributed by atoms with E-state index in [4.69, 9.17) is 0 Å². The van der Waals surface area contributed by atoms with Crippen molar-refractivity contribution in [3.05, 3.63) is 59.2 Å². The molecule has 1 N–H and O–H groups in total. The van der Waals surface area contributed by atoms with Crippen molar-refractivity contribution in [2.24, 2.45) is 0 Å². The number of hydrogen-bond donors (Lipinski definition) is 1. The fraction of sp³-hybridized carbons (Fsp3) is 0.333. The van der Waals surface area contributed by atoms with Gasteiger partial charge in [0.25, 0.3) is 0 Å². The van der Waals surface area contributed by atoms with Gasteiger partial charge in [0.1, 0.15) is 0 Å². The second-order valence-corrected chi connectivity index (χ2v) is 8.61. The zero-order valence-corrected chi connectivity index (χ0v) is 15.6. The van der Waals surface area contributed by atoms with Crippen molar-refractivity contribution in [2.45, 2.75) is 25.3 Å². The Bertz CT molecular complexity index is 985. The van der Waals surface area contributed by atoms with Gasteiger partial charge >= 0.3 is 12.4 Å². The normalized spacial score (nSPS) is 15.8. The molecule has 2 aromatic rings. The standard InChI is InChI=1S/C18H16F6N2O2S/c19-17(20,21)11-29(27,28)26-8-7-12-9-16(4-1-13(12)10-26)25-15-5-2-14(3-6-15)18(22,23)24/h1-6,9,25H,7-8,10-11H2. The van der Waals surface area contributed by atoms with Gasteiger partial charge in [-0.3, -0.25) is 0 Å². The average Bonchev–Trinajstić information content (AvgIpc) is 2.59. The largest absolute Gasteiger partial charge is 0.416 e. The quantitative estimate of drug-likeness (QED) is 0.705. The molecule has 3 rings (SSSR count). The molecule has 0 spiro atoms. The Morgan fingerprint density at radius 3 is 2.10 bits per heavy atom. The molecule has 2 aromatic carbocycles. The molecule has 1 aliphatic rings. The summed E-state index contributed by atoms with van der Waals surface area (Å²) in [6, 6.07) is 9.36. The van der Waals surface area contributed by atoms with E-state index >= 15 is 0 Å². The molecule has 0 amide bonds. The van der Waals surface area contributed by atoms with E-state index in [-0.39, 0.29) is 19.5 Å². The summed E-state index contributed by atoms with van der Waals surface area (Å²) < 4.78 is 99.9. The molecular weight excluding hydrogens is 422 g/mol. The highest BCUT2D eigenvalue weighted by atomic mass is 32.2. The van der Waals surface area contributed by atoms with E-state index in [2.05, 4.69) is 5.32 Å². The SMILES string of the molecule is O=S(=O)(CC(F)(F)F)N1CCc2cc(Nc3ccc(C(F)(F)F)cc3)ccc2C1.